The largest absolute Gasteiger partial charge is 0.349 e. The van der Waals surface area contributed by atoms with E-state index in [-0.39, 0.29) is 0 Å². The maximum atomic E-state index is 9.12. The lowest BCUT2D eigenvalue weighted by Gasteiger charge is -2.31. The first kappa shape index (κ1) is 14.1. The van der Waals surface area contributed by atoms with Crippen LogP contribution < -0.4 is 0 Å². The normalized spacial score (nSPS) is 19.8. The molecule has 2 atom stereocenters. The van der Waals surface area contributed by atoms with E-state index in [9.17, 15) is 0 Å². The van der Waals surface area contributed by atoms with E-state index < -0.39 is 11.4 Å². The highest BCUT2D eigenvalue weighted by Gasteiger charge is 2.36. The Morgan fingerprint density at radius 2 is 2.07 bits per heavy atom. The molecule has 0 fully saturated rings. The predicted octanol–water partition coefficient (Wildman–Crippen LogP) is 3.38. The summed E-state index contributed by atoms with van der Waals surface area (Å²) in [6.07, 6.45) is -1.24. The van der Waals surface area contributed by atoms with Crippen molar-refractivity contribution in [2.75, 3.05) is 13.3 Å². The molecule has 0 N–H and O–H groups in total. The molecule has 0 bridgehead atoms. The Kier molecular flexibility index (Phi) is 5.30. The topological polar surface area (TPSA) is 33.0 Å². The Bertz CT molecular complexity index is 272. The Morgan fingerprint density at radius 1 is 1.57 bits per heavy atom. The molecule has 2 unspecified atom stereocenters. The zero-order valence-corrected chi connectivity index (χ0v) is 11.4. The minimum absolute atomic E-state index is 0.470. The average molecular weight is 233 g/mol. The zero-order chi connectivity index (χ0) is 11.4. The van der Waals surface area contributed by atoms with Crippen molar-refractivity contribution >= 4 is 18.1 Å². The van der Waals surface area contributed by atoms with Crippen molar-refractivity contribution in [2.45, 2.75) is 39.3 Å². The van der Waals surface area contributed by atoms with Gasteiger partial charge in [-0.1, -0.05) is 32.6 Å². The quantitative estimate of drug-likeness (QED) is 0.682. The summed E-state index contributed by atoms with van der Waals surface area (Å²) < 4.78 is 5.74. The Balaban J connectivity index is 4.61. The minimum atomic E-state index is -2.00. The number of hydrogen-bond donors (Lipinski definition) is 0. The first-order chi connectivity index (χ1) is 6.29. The highest BCUT2D eigenvalue weighted by Crippen LogP contribution is 2.57. The molecule has 0 aromatic carbocycles. The van der Waals surface area contributed by atoms with E-state index in [0.717, 1.165) is 6.42 Å². The molecular formula is C10H20NOPS. The van der Waals surface area contributed by atoms with Crippen LogP contribution in [0.4, 0.5) is 0 Å². The van der Waals surface area contributed by atoms with Gasteiger partial charge in [0.05, 0.1) is 18.9 Å². The van der Waals surface area contributed by atoms with Gasteiger partial charge in [0.1, 0.15) is 5.16 Å². The van der Waals surface area contributed by atoms with Gasteiger partial charge in [-0.3, -0.25) is 0 Å². The van der Waals surface area contributed by atoms with Gasteiger partial charge in [0, 0.05) is 0 Å². The molecule has 0 aliphatic heterocycles. The molecule has 0 radical (unpaired) electrons. The first-order valence-corrected chi connectivity index (χ1v) is 8.09. The van der Waals surface area contributed by atoms with Crippen molar-refractivity contribution in [3.8, 4) is 6.07 Å². The highest BCUT2D eigenvalue weighted by atomic mass is 32.4. The van der Waals surface area contributed by atoms with Crippen molar-refractivity contribution < 1.29 is 4.52 Å². The van der Waals surface area contributed by atoms with Crippen LogP contribution in [0.5, 0.6) is 0 Å². The summed E-state index contributed by atoms with van der Waals surface area (Å²) in [6.45, 7) is 10.7. The fourth-order valence-corrected chi connectivity index (χ4v) is 3.21. The molecule has 0 spiro atoms. The van der Waals surface area contributed by atoms with Gasteiger partial charge in [0.25, 0.3) is 0 Å². The second kappa shape index (κ2) is 5.26. The molecule has 0 aliphatic rings. The van der Waals surface area contributed by atoms with E-state index >= 15 is 0 Å². The third kappa shape index (κ3) is 3.35. The van der Waals surface area contributed by atoms with Gasteiger partial charge < -0.3 is 4.52 Å². The fourth-order valence-electron chi connectivity index (χ4n) is 0.891. The van der Waals surface area contributed by atoms with Crippen LogP contribution in [-0.4, -0.2) is 18.4 Å². The summed E-state index contributed by atoms with van der Waals surface area (Å²) in [5.74, 6) is 0.470. The second-order valence-electron chi connectivity index (χ2n) is 4.27. The van der Waals surface area contributed by atoms with Crippen LogP contribution >= 0.6 is 6.26 Å². The predicted molar refractivity (Wildman–Crippen MR) is 65.3 cm³/mol. The van der Waals surface area contributed by atoms with Gasteiger partial charge in [-0.05, 0) is 25.9 Å². The van der Waals surface area contributed by atoms with Crippen molar-refractivity contribution in [1.29, 1.82) is 5.26 Å². The fraction of sp³-hybridized carbons (Fsp3) is 0.900. The summed E-state index contributed by atoms with van der Waals surface area (Å²) in [7, 11) is 0. The van der Waals surface area contributed by atoms with Gasteiger partial charge >= 0.3 is 0 Å². The van der Waals surface area contributed by atoms with E-state index in [1.54, 1.807) is 0 Å². The number of hydrogen-bond acceptors (Lipinski definition) is 3. The molecule has 0 aliphatic carbocycles. The maximum Gasteiger partial charge on any atom is 0.105 e. The standard InChI is InChI=1S/C10H20NOPS/c1-6-10(4,8-11)13(5,14)12-7-9(2)3/h9H,6-7H2,1-5H3. The number of nitriles is 1. The summed E-state index contributed by atoms with van der Waals surface area (Å²) in [4.78, 5) is 0. The van der Waals surface area contributed by atoms with E-state index in [0.29, 0.717) is 12.5 Å². The third-order valence-electron chi connectivity index (χ3n) is 2.48. The lowest BCUT2D eigenvalue weighted by Crippen LogP contribution is -2.23. The van der Waals surface area contributed by atoms with Crippen molar-refractivity contribution in [1.82, 2.24) is 0 Å². The monoisotopic (exact) mass is 233 g/mol. The Hall–Kier alpha value is 0.100. The van der Waals surface area contributed by atoms with Crippen molar-refractivity contribution in [3.63, 3.8) is 0 Å². The maximum absolute atomic E-state index is 9.12. The third-order valence-corrected chi connectivity index (χ3v) is 6.86. The van der Waals surface area contributed by atoms with Crippen LogP contribution in [0.25, 0.3) is 0 Å². The van der Waals surface area contributed by atoms with Crippen LogP contribution in [0.2, 0.25) is 0 Å². The SMILES string of the molecule is CCC(C)(C#N)P(C)(=S)OCC(C)C. The van der Waals surface area contributed by atoms with E-state index in [2.05, 4.69) is 19.9 Å². The van der Waals surface area contributed by atoms with E-state index in [1.165, 1.54) is 0 Å². The number of nitrogens with zero attached hydrogens (tertiary/aromatic N) is 1. The minimum Gasteiger partial charge on any atom is -0.349 e. The van der Waals surface area contributed by atoms with E-state index in [4.69, 9.17) is 21.6 Å². The van der Waals surface area contributed by atoms with Crippen LogP contribution in [-0.2, 0) is 16.3 Å². The second-order valence-corrected chi connectivity index (χ2v) is 9.30. The van der Waals surface area contributed by atoms with Crippen molar-refractivity contribution in [3.05, 3.63) is 0 Å². The Labute approximate surface area is 92.7 Å². The molecule has 0 saturated heterocycles. The molecule has 82 valence electrons. The summed E-state index contributed by atoms with van der Waals surface area (Å²) in [6, 6.07) is 2.31. The van der Waals surface area contributed by atoms with Gasteiger partial charge in [-0.15, -0.1) is 0 Å². The van der Waals surface area contributed by atoms with Gasteiger partial charge in [-0.25, -0.2) is 0 Å². The molecule has 0 aromatic rings. The summed E-state index contributed by atoms with van der Waals surface area (Å²) in [5, 5.41) is 8.64. The van der Waals surface area contributed by atoms with Gasteiger partial charge in [-0.2, -0.15) is 5.26 Å². The van der Waals surface area contributed by atoms with Crippen LogP contribution in [0.1, 0.15) is 34.1 Å². The molecule has 0 rings (SSSR count). The van der Waals surface area contributed by atoms with Gasteiger partial charge in [0.15, 0.2) is 0 Å². The molecule has 0 saturated carbocycles. The van der Waals surface area contributed by atoms with Crippen LogP contribution in [0.3, 0.4) is 0 Å². The molecule has 14 heavy (non-hydrogen) atoms. The van der Waals surface area contributed by atoms with E-state index in [1.807, 2.05) is 20.5 Å². The lowest BCUT2D eigenvalue weighted by molar-refractivity contribution is 0.291. The Morgan fingerprint density at radius 3 is 2.36 bits per heavy atom. The van der Waals surface area contributed by atoms with Crippen LogP contribution in [0.15, 0.2) is 0 Å². The summed E-state index contributed by atoms with van der Waals surface area (Å²) in [5.41, 5.74) is 0. The average Bonchev–Trinajstić information content (AvgIpc) is 2.13. The summed E-state index contributed by atoms with van der Waals surface area (Å²) >= 11 is 5.46. The molecule has 2 nitrogen and oxygen atoms in total. The number of rotatable bonds is 5. The van der Waals surface area contributed by atoms with Crippen LogP contribution in [0, 0.1) is 17.2 Å². The molecule has 0 aromatic heterocycles. The highest BCUT2D eigenvalue weighted by molar-refractivity contribution is 8.12. The first-order valence-electron chi connectivity index (χ1n) is 4.92. The lowest BCUT2D eigenvalue weighted by atomic mass is 10.1. The molecule has 4 heteroatoms. The van der Waals surface area contributed by atoms with Crippen molar-refractivity contribution in [2.24, 2.45) is 5.92 Å². The zero-order valence-electron chi connectivity index (χ0n) is 9.70. The smallest absolute Gasteiger partial charge is 0.105 e. The molecule has 0 amide bonds. The van der Waals surface area contributed by atoms with Gasteiger partial charge in [0.2, 0.25) is 0 Å². The molecule has 0 heterocycles. The molecular weight excluding hydrogens is 213 g/mol.